The van der Waals surface area contributed by atoms with Crippen LogP contribution in [0.25, 0.3) is 0 Å². The largest absolute Gasteiger partial charge is 0.338 e. The van der Waals surface area contributed by atoms with Gasteiger partial charge in [0.2, 0.25) is 0 Å². The van der Waals surface area contributed by atoms with Crippen molar-refractivity contribution in [2.45, 2.75) is 19.8 Å². The van der Waals surface area contributed by atoms with Crippen molar-refractivity contribution in [3.63, 3.8) is 0 Å². The normalized spacial score (nSPS) is 13.2. The fourth-order valence-corrected chi connectivity index (χ4v) is 1.46. The van der Waals surface area contributed by atoms with E-state index >= 15 is 0 Å². The molecule has 3 heteroatoms. The van der Waals surface area contributed by atoms with Crippen LogP contribution in [0.5, 0.6) is 0 Å². The zero-order valence-corrected chi connectivity index (χ0v) is 8.75. The third-order valence-electron chi connectivity index (χ3n) is 2.33. The van der Waals surface area contributed by atoms with Gasteiger partial charge in [-0.3, -0.25) is 0 Å². The number of aromatic nitrogens is 2. The maximum atomic E-state index is 4.29. The van der Waals surface area contributed by atoms with Crippen molar-refractivity contribution < 1.29 is 0 Å². The quantitative estimate of drug-likeness (QED) is 0.740. The van der Waals surface area contributed by atoms with Gasteiger partial charge in [-0.05, 0) is 25.9 Å². The van der Waals surface area contributed by atoms with Gasteiger partial charge in [0.25, 0.3) is 0 Å². The maximum absolute atomic E-state index is 4.29. The molecule has 13 heavy (non-hydrogen) atoms. The van der Waals surface area contributed by atoms with E-state index in [-0.39, 0.29) is 0 Å². The molecule has 0 saturated carbocycles. The fourth-order valence-electron chi connectivity index (χ4n) is 1.46. The molecule has 0 aromatic carbocycles. The predicted octanol–water partition coefficient (Wildman–Crippen LogP) is 1.21. The van der Waals surface area contributed by atoms with Crippen LogP contribution in [0.3, 0.4) is 0 Å². The molecule has 1 unspecified atom stereocenters. The number of nitrogens with zero attached hydrogens (tertiary/aromatic N) is 2. The summed E-state index contributed by atoms with van der Waals surface area (Å²) >= 11 is 0. The van der Waals surface area contributed by atoms with Crippen LogP contribution >= 0.6 is 0 Å². The van der Waals surface area contributed by atoms with E-state index in [1.807, 2.05) is 26.5 Å². The molecule has 0 aliphatic heterocycles. The average Bonchev–Trinajstić information content (AvgIpc) is 2.48. The van der Waals surface area contributed by atoms with E-state index in [0.29, 0.717) is 0 Å². The molecule has 0 fully saturated rings. The maximum Gasteiger partial charge on any atom is 0.108 e. The van der Waals surface area contributed by atoms with Gasteiger partial charge in [-0.15, -0.1) is 0 Å². The molecule has 1 aromatic rings. The van der Waals surface area contributed by atoms with Crippen LogP contribution in [0.1, 0.15) is 19.2 Å². The van der Waals surface area contributed by atoms with Crippen LogP contribution in [0, 0.1) is 5.92 Å². The lowest BCUT2D eigenvalue weighted by molar-refractivity contribution is 0.495. The summed E-state index contributed by atoms with van der Waals surface area (Å²) in [6.07, 6.45) is 6.13. The van der Waals surface area contributed by atoms with Gasteiger partial charge >= 0.3 is 0 Å². The number of nitrogens with one attached hydrogen (secondary N) is 1. The molecule has 0 aliphatic carbocycles. The van der Waals surface area contributed by atoms with Crippen molar-refractivity contribution in [2.75, 3.05) is 13.6 Å². The Morgan fingerprint density at radius 3 is 2.92 bits per heavy atom. The van der Waals surface area contributed by atoms with E-state index < -0.39 is 0 Å². The van der Waals surface area contributed by atoms with E-state index in [1.54, 1.807) is 0 Å². The topological polar surface area (TPSA) is 29.9 Å². The third-order valence-corrected chi connectivity index (χ3v) is 2.33. The van der Waals surface area contributed by atoms with Crippen molar-refractivity contribution in [3.8, 4) is 0 Å². The number of imidazole rings is 1. The Hall–Kier alpha value is -0.830. The van der Waals surface area contributed by atoms with Crippen molar-refractivity contribution >= 4 is 0 Å². The molecule has 0 bridgehead atoms. The van der Waals surface area contributed by atoms with Crippen molar-refractivity contribution in [3.05, 3.63) is 18.2 Å². The molecular weight excluding hydrogens is 162 g/mol. The molecule has 1 N–H and O–H groups in total. The molecule has 1 aromatic heterocycles. The average molecular weight is 181 g/mol. The van der Waals surface area contributed by atoms with E-state index in [4.69, 9.17) is 0 Å². The first-order chi connectivity index (χ1) is 6.24. The zero-order valence-electron chi connectivity index (χ0n) is 8.75. The van der Waals surface area contributed by atoms with E-state index in [2.05, 4.69) is 21.8 Å². The molecule has 0 radical (unpaired) electrons. The van der Waals surface area contributed by atoms with Gasteiger partial charge in [-0.2, -0.15) is 0 Å². The predicted molar refractivity (Wildman–Crippen MR) is 54.6 cm³/mol. The SMILES string of the molecule is CNCC(C)CCc1nccn1C. The Labute approximate surface area is 80.2 Å². The molecule has 74 valence electrons. The van der Waals surface area contributed by atoms with Crippen LogP contribution in [0.15, 0.2) is 12.4 Å². The highest BCUT2D eigenvalue weighted by Crippen LogP contribution is 2.06. The van der Waals surface area contributed by atoms with Crippen LogP contribution in [0.2, 0.25) is 0 Å². The monoisotopic (exact) mass is 181 g/mol. The molecule has 0 spiro atoms. The molecule has 1 rings (SSSR count). The zero-order chi connectivity index (χ0) is 9.68. The van der Waals surface area contributed by atoms with Gasteiger partial charge in [-0.25, -0.2) is 4.98 Å². The number of aryl methyl sites for hydroxylation is 2. The number of hydrogen-bond acceptors (Lipinski definition) is 2. The third kappa shape index (κ3) is 3.19. The van der Waals surface area contributed by atoms with Gasteiger partial charge in [0.05, 0.1) is 0 Å². The summed E-state index contributed by atoms with van der Waals surface area (Å²) in [6, 6.07) is 0. The lowest BCUT2D eigenvalue weighted by atomic mass is 10.1. The summed E-state index contributed by atoms with van der Waals surface area (Å²) < 4.78 is 2.09. The van der Waals surface area contributed by atoms with Crippen molar-refractivity contribution in [1.29, 1.82) is 0 Å². The lowest BCUT2D eigenvalue weighted by Crippen LogP contribution is -2.17. The van der Waals surface area contributed by atoms with E-state index in [9.17, 15) is 0 Å². The summed E-state index contributed by atoms with van der Waals surface area (Å²) in [5.41, 5.74) is 0. The van der Waals surface area contributed by atoms with Crippen LogP contribution < -0.4 is 5.32 Å². The summed E-state index contributed by atoms with van der Waals surface area (Å²) in [6.45, 7) is 3.35. The summed E-state index contributed by atoms with van der Waals surface area (Å²) in [5.74, 6) is 1.91. The number of rotatable bonds is 5. The minimum atomic E-state index is 0.724. The first-order valence-electron chi connectivity index (χ1n) is 4.85. The Kier molecular flexibility index (Phi) is 3.96. The van der Waals surface area contributed by atoms with Crippen molar-refractivity contribution in [1.82, 2.24) is 14.9 Å². The second kappa shape index (κ2) is 5.02. The minimum absolute atomic E-state index is 0.724. The molecule has 0 saturated heterocycles. The smallest absolute Gasteiger partial charge is 0.108 e. The molecule has 3 nitrogen and oxygen atoms in total. The second-order valence-electron chi connectivity index (χ2n) is 3.66. The summed E-state index contributed by atoms with van der Waals surface area (Å²) in [5, 5.41) is 3.18. The van der Waals surface area contributed by atoms with Gasteiger partial charge in [-0.1, -0.05) is 6.92 Å². The Balaban J connectivity index is 2.30. The van der Waals surface area contributed by atoms with Gasteiger partial charge in [0, 0.05) is 25.9 Å². The second-order valence-corrected chi connectivity index (χ2v) is 3.66. The lowest BCUT2D eigenvalue weighted by Gasteiger charge is -2.09. The molecule has 1 heterocycles. The standard InChI is InChI=1S/C10H19N3/c1-9(8-11-2)4-5-10-12-6-7-13(10)3/h6-7,9,11H,4-5,8H2,1-3H3. The molecule has 1 atom stereocenters. The fraction of sp³-hybridized carbons (Fsp3) is 0.700. The Morgan fingerprint density at radius 2 is 2.38 bits per heavy atom. The summed E-state index contributed by atoms with van der Waals surface area (Å²) in [7, 11) is 4.04. The van der Waals surface area contributed by atoms with Gasteiger partial charge in [0.1, 0.15) is 5.82 Å². The van der Waals surface area contributed by atoms with Gasteiger partial charge in [0.15, 0.2) is 0 Å². The van der Waals surface area contributed by atoms with Crippen LogP contribution in [-0.4, -0.2) is 23.1 Å². The number of hydrogen-bond donors (Lipinski definition) is 1. The highest BCUT2D eigenvalue weighted by Gasteiger charge is 2.03. The van der Waals surface area contributed by atoms with Crippen LogP contribution in [0.4, 0.5) is 0 Å². The molecule has 0 aliphatic rings. The highest BCUT2D eigenvalue weighted by atomic mass is 15.0. The molecule has 0 amide bonds. The van der Waals surface area contributed by atoms with E-state index in [0.717, 1.165) is 18.9 Å². The van der Waals surface area contributed by atoms with E-state index in [1.165, 1.54) is 12.2 Å². The Bertz CT molecular complexity index is 242. The first kappa shape index (κ1) is 10.3. The van der Waals surface area contributed by atoms with Gasteiger partial charge < -0.3 is 9.88 Å². The molecular formula is C10H19N3. The first-order valence-corrected chi connectivity index (χ1v) is 4.85. The Morgan fingerprint density at radius 1 is 1.62 bits per heavy atom. The minimum Gasteiger partial charge on any atom is -0.338 e. The van der Waals surface area contributed by atoms with Crippen LogP contribution in [-0.2, 0) is 13.5 Å². The van der Waals surface area contributed by atoms with Crippen molar-refractivity contribution in [2.24, 2.45) is 13.0 Å². The highest BCUT2D eigenvalue weighted by molar-refractivity contribution is 4.91. The summed E-state index contributed by atoms with van der Waals surface area (Å²) in [4.78, 5) is 4.29.